The lowest BCUT2D eigenvalue weighted by Gasteiger charge is -2.32. The number of rotatable bonds is 3. The number of carboxylic acid groups (broad SMARTS) is 1. The Morgan fingerprint density at radius 1 is 1.43 bits per heavy atom. The first-order valence-electron chi connectivity index (χ1n) is 7.76. The third-order valence-corrected chi connectivity index (χ3v) is 4.38. The normalized spacial score (nSPS) is 18.3. The molecule has 1 atom stereocenters. The monoisotopic (exact) mass is 316 g/mol. The Balaban J connectivity index is 1.82. The summed E-state index contributed by atoms with van der Waals surface area (Å²) in [6.07, 6.45) is 3.38. The molecule has 3 rings (SSSR count). The maximum Gasteiger partial charge on any atom is 0.303 e. The van der Waals surface area contributed by atoms with Gasteiger partial charge < -0.3 is 10.0 Å². The van der Waals surface area contributed by atoms with Gasteiger partial charge in [0.25, 0.3) is 5.91 Å². The third-order valence-electron chi connectivity index (χ3n) is 4.38. The maximum absolute atomic E-state index is 12.7. The summed E-state index contributed by atoms with van der Waals surface area (Å²) in [4.78, 5) is 29.7. The van der Waals surface area contributed by atoms with Gasteiger partial charge >= 0.3 is 5.97 Å². The lowest BCUT2D eigenvalue weighted by atomic mass is 9.94. The minimum absolute atomic E-state index is 0.0296. The van der Waals surface area contributed by atoms with Gasteiger partial charge in [-0.25, -0.2) is 4.98 Å². The number of aryl methyl sites for hydroxylation is 2. The predicted octanol–water partition coefficient (Wildman–Crippen LogP) is 1.60. The summed E-state index contributed by atoms with van der Waals surface area (Å²) >= 11 is 0. The summed E-state index contributed by atoms with van der Waals surface area (Å²) in [5.74, 6) is -0.863. The molecule has 0 radical (unpaired) electrons. The van der Waals surface area contributed by atoms with Crippen molar-refractivity contribution in [1.82, 2.24) is 19.7 Å². The zero-order chi connectivity index (χ0) is 16.6. The highest BCUT2D eigenvalue weighted by molar-refractivity contribution is 5.97. The second-order valence-electron chi connectivity index (χ2n) is 6.16. The van der Waals surface area contributed by atoms with E-state index in [-0.39, 0.29) is 18.2 Å². The number of carbonyl (C=O) groups excluding carboxylic acids is 1. The van der Waals surface area contributed by atoms with Crippen LogP contribution >= 0.6 is 0 Å². The van der Waals surface area contributed by atoms with Crippen molar-refractivity contribution in [1.29, 1.82) is 0 Å². The van der Waals surface area contributed by atoms with E-state index in [0.29, 0.717) is 18.7 Å². The van der Waals surface area contributed by atoms with Crippen LogP contribution in [-0.2, 0) is 11.8 Å². The highest BCUT2D eigenvalue weighted by Gasteiger charge is 2.26. The Bertz CT molecular complexity index is 768. The Morgan fingerprint density at radius 3 is 2.96 bits per heavy atom. The van der Waals surface area contributed by atoms with Crippen LogP contribution in [0, 0.1) is 12.8 Å². The number of aliphatic carboxylic acids is 1. The van der Waals surface area contributed by atoms with Crippen LogP contribution in [0.25, 0.3) is 11.0 Å². The fourth-order valence-electron chi connectivity index (χ4n) is 3.27. The van der Waals surface area contributed by atoms with Gasteiger partial charge in [0.2, 0.25) is 0 Å². The van der Waals surface area contributed by atoms with E-state index in [1.54, 1.807) is 15.8 Å². The lowest BCUT2D eigenvalue weighted by Crippen LogP contribution is -2.40. The molecule has 0 saturated carbocycles. The van der Waals surface area contributed by atoms with Gasteiger partial charge in [0.15, 0.2) is 5.65 Å². The van der Waals surface area contributed by atoms with Crippen molar-refractivity contribution in [3.63, 3.8) is 0 Å². The molecule has 0 bridgehead atoms. The fraction of sp³-hybridized carbons (Fsp3) is 0.500. The molecular formula is C16H20N4O3. The summed E-state index contributed by atoms with van der Waals surface area (Å²) < 4.78 is 1.70. The number of nitrogens with zero attached hydrogens (tertiary/aromatic N) is 4. The standard InChI is InChI=1S/C16H20N4O3/c1-10-13-7-12(8-17-15(13)19(2)18-10)16(23)20-5-3-4-11(9-20)6-14(21)22/h7-8,11H,3-6,9H2,1-2H3,(H,21,22). The van der Waals surface area contributed by atoms with Gasteiger partial charge in [-0.15, -0.1) is 0 Å². The van der Waals surface area contributed by atoms with Crippen molar-refractivity contribution in [3.05, 3.63) is 23.5 Å². The number of fused-ring (bicyclic) bond motifs is 1. The highest BCUT2D eigenvalue weighted by atomic mass is 16.4. The molecule has 7 heteroatoms. The molecule has 1 amide bonds. The summed E-state index contributed by atoms with van der Waals surface area (Å²) in [7, 11) is 1.82. The van der Waals surface area contributed by atoms with Crippen LogP contribution in [-0.4, -0.2) is 49.7 Å². The van der Waals surface area contributed by atoms with Crippen molar-refractivity contribution >= 4 is 22.9 Å². The van der Waals surface area contributed by atoms with Crippen LogP contribution in [0.2, 0.25) is 0 Å². The molecule has 2 aromatic heterocycles. The Labute approximate surface area is 133 Å². The van der Waals surface area contributed by atoms with Crippen molar-refractivity contribution in [2.45, 2.75) is 26.2 Å². The minimum Gasteiger partial charge on any atom is -0.481 e. The number of amides is 1. The smallest absolute Gasteiger partial charge is 0.303 e. The number of piperidine rings is 1. The number of likely N-dealkylation sites (tertiary alicyclic amines) is 1. The molecular weight excluding hydrogens is 296 g/mol. The molecule has 1 unspecified atom stereocenters. The number of hydrogen-bond acceptors (Lipinski definition) is 4. The van der Waals surface area contributed by atoms with Gasteiger partial charge in [-0.1, -0.05) is 0 Å². The third kappa shape index (κ3) is 3.04. The molecule has 122 valence electrons. The first-order chi connectivity index (χ1) is 11.0. The Kier molecular flexibility index (Phi) is 4.02. The van der Waals surface area contributed by atoms with Crippen molar-refractivity contribution in [2.24, 2.45) is 13.0 Å². The predicted molar refractivity (Wildman–Crippen MR) is 84.1 cm³/mol. The molecule has 1 aliphatic heterocycles. The fourth-order valence-corrected chi connectivity index (χ4v) is 3.27. The van der Waals surface area contributed by atoms with E-state index in [9.17, 15) is 9.59 Å². The number of hydrogen-bond donors (Lipinski definition) is 1. The highest BCUT2D eigenvalue weighted by Crippen LogP contribution is 2.23. The zero-order valence-corrected chi connectivity index (χ0v) is 13.3. The van der Waals surface area contributed by atoms with Gasteiger partial charge in [-0.05, 0) is 31.7 Å². The molecule has 3 heterocycles. The van der Waals surface area contributed by atoms with Crippen molar-refractivity contribution in [3.8, 4) is 0 Å². The van der Waals surface area contributed by atoms with E-state index in [2.05, 4.69) is 10.1 Å². The molecule has 23 heavy (non-hydrogen) atoms. The number of pyridine rings is 1. The van der Waals surface area contributed by atoms with E-state index >= 15 is 0 Å². The molecule has 2 aromatic rings. The topological polar surface area (TPSA) is 88.3 Å². The SMILES string of the molecule is Cc1nn(C)c2ncc(C(=O)N3CCCC(CC(=O)O)C3)cc12. The number of aromatic nitrogens is 3. The van der Waals surface area contributed by atoms with Crippen molar-refractivity contribution in [2.75, 3.05) is 13.1 Å². The van der Waals surface area contributed by atoms with Crippen LogP contribution in [0.5, 0.6) is 0 Å². The van der Waals surface area contributed by atoms with E-state index in [0.717, 1.165) is 29.6 Å². The summed E-state index contributed by atoms with van der Waals surface area (Å²) in [5, 5.41) is 14.1. The van der Waals surface area contributed by atoms with Crippen LogP contribution in [0.15, 0.2) is 12.3 Å². The first-order valence-corrected chi connectivity index (χ1v) is 7.76. The van der Waals surface area contributed by atoms with E-state index in [1.807, 2.05) is 20.0 Å². The van der Waals surface area contributed by atoms with E-state index < -0.39 is 5.97 Å². The van der Waals surface area contributed by atoms with Crippen LogP contribution in [0.1, 0.15) is 35.3 Å². The van der Waals surface area contributed by atoms with Crippen LogP contribution in [0.3, 0.4) is 0 Å². The average molecular weight is 316 g/mol. The average Bonchev–Trinajstić information content (AvgIpc) is 2.80. The molecule has 1 aliphatic rings. The molecule has 0 aliphatic carbocycles. The molecule has 7 nitrogen and oxygen atoms in total. The maximum atomic E-state index is 12.7. The largest absolute Gasteiger partial charge is 0.481 e. The quantitative estimate of drug-likeness (QED) is 0.929. The molecule has 0 aromatic carbocycles. The van der Waals surface area contributed by atoms with Gasteiger partial charge in [0, 0.05) is 38.1 Å². The zero-order valence-electron chi connectivity index (χ0n) is 13.3. The van der Waals surface area contributed by atoms with Crippen LogP contribution in [0.4, 0.5) is 0 Å². The summed E-state index contributed by atoms with van der Waals surface area (Å²) in [5.41, 5.74) is 2.12. The van der Waals surface area contributed by atoms with Crippen molar-refractivity contribution < 1.29 is 14.7 Å². The number of carbonyl (C=O) groups is 2. The second-order valence-corrected chi connectivity index (χ2v) is 6.16. The lowest BCUT2D eigenvalue weighted by molar-refractivity contribution is -0.138. The van der Waals surface area contributed by atoms with Gasteiger partial charge in [-0.2, -0.15) is 5.10 Å². The van der Waals surface area contributed by atoms with Crippen LogP contribution < -0.4 is 0 Å². The van der Waals surface area contributed by atoms with Gasteiger partial charge in [0.1, 0.15) is 0 Å². The molecule has 1 N–H and O–H groups in total. The van der Waals surface area contributed by atoms with Gasteiger partial charge in [0.05, 0.1) is 11.3 Å². The van der Waals surface area contributed by atoms with E-state index in [1.165, 1.54) is 0 Å². The molecule has 0 spiro atoms. The van der Waals surface area contributed by atoms with Gasteiger partial charge in [-0.3, -0.25) is 14.3 Å². The van der Waals surface area contributed by atoms with E-state index in [4.69, 9.17) is 5.11 Å². The second kappa shape index (κ2) is 5.98. The molecule has 1 saturated heterocycles. The minimum atomic E-state index is -0.807. The number of carboxylic acids is 1. The Morgan fingerprint density at radius 2 is 2.22 bits per heavy atom. The molecule has 1 fully saturated rings. The first kappa shape index (κ1) is 15.5. The summed E-state index contributed by atoms with van der Waals surface area (Å²) in [6.45, 7) is 3.05. The Hall–Kier alpha value is -2.44. The summed E-state index contributed by atoms with van der Waals surface area (Å²) in [6, 6.07) is 1.83.